The van der Waals surface area contributed by atoms with Gasteiger partial charge in [0.25, 0.3) is 0 Å². The number of hydrogen-bond acceptors (Lipinski definition) is 3. The molecule has 1 aromatic carbocycles. The van der Waals surface area contributed by atoms with Crippen molar-refractivity contribution in [2.24, 2.45) is 0 Å². The van der Waals surface area contributed by atoms with Crippen molar-refractivity contribution in [3.8, 4) is 0 Å². The van der Waals surface area contributed by atoms with Gasteiger partial charge in [0.15, 0.2) is 0 Å². The first-order chi connectivity index (χ1) is 7.22. The summed E-state index contributed by atoms with van der Waals surface area (Å²) in [6, 6.07) is 5.26. The molecule has 0 unspecified atom stereocenters. The summed E-state index contributed by atoms with van der Waals surface area (Å²) >= 11 is 3.34. The van der Waals surface area contributed by atoms with Gasteiger partial charge in [-0.25, -0.2) is 4.79 Å². The third-order valence-electron chi connectivity index (χ3n) is 2.02. The summed E-state index contributed by atoms with van der Waals surface area (Å²) < 4.78 is 10.9. The third kappa shape index (κ3) is 1.90. The monoisotopic (exact) mass is 268 g/mol. The van der Waals surface area contributed by atoms with Crippen LogP contribution in [0, 0.1) is 0 Å². The summed E-state index contributed by atoms with van der Waals surface area (Å²) in [4.78, 5) is 11.5. The van der Waals surface area contributed by atoms with Gasteiger partial charge in [0, 0.05) is 5.39 Å². The molecule has 3 nitrogen and oxygen atoms in total. The number of rotatable bonds is 2. The minimum atomic E-state index is -0.318. The minimum Gasteiger partial charge on any atom is -0.463 e. The zero-order valence-electron chi connectivity index (χ0n) is 8.12. The molecule has 0 atom stereocenters. The fourth-order valence-corrected chi connectivity index (χ4v) is 1.94. The van der Waals surface area contributed by atoms with Crippen LogP contribution in [0.4, 0.5) is 0 Å². The fourth-order valence-electron chi connectivity index (χ4n) is 1.37. The summed E-state index contributed by atoms with van der Waals surface area (Å²) in [6.45, 7) is 2.16. The topological polar surface area (TPSA) is 39.4 Å². The first-order valence-electron chi connectivity index (χ1n) is 4.56. The highest BCUT2D eigenvalue weighted by atomic mass is 79.9. The lowest BCUT2D eigenvalue weighted by atomic mass is 10.2. The Bertz CT molecular complexity index is 502. The first kappa shape index (κ1) is 10.2. The first-order valence-corrected chi connectivity index (χ1v) is 5.35. The fraction of sp³-hybridized carbons (Fsp3) is 0.182. The molecule has 1 aromatic heterocycles. The lowest BCUT2D eigenvalue weighted by Gasteiger charge is -2.02. The van der Waals surface area contributed by atoms with Crippen molar-refractivity contribution < 1.29 is 13.9 Å². The predicted octanol–water partition coefficient (Wildman–Crippen LogP) is 3.37. The van der Waals surface area contributed by atoms with Gasteiger partial charge in [-0.1, -0.05) is 0 Å². The molecule has 0 spiro atoms. The van der Waals surface area contributed by atoms with E-state index in [0.717, 1.165) is 15.4 Å². The maximum atomic E-state index is 11.5. The molecule has 0 aliphatic heterocycles. The zero-order valence-corrected chi connectivity index (χ0v) is 9.71. The normalized spacial score (nSPS) is 10.5. The van der Waals surface area contributed by atoms with E-state index in [4.69, 9.17) is 9.15 Å². The van der Waals surface area contributed by atoms with E-state index in [1.54, 1.807) is 25.3 Å². The van der Waals surface area contributed by atoms with Crippen molar-refractivity contribution in [1.29, 1.82) is 0 Å². The highest BCUT2D eigenvalue weighted by Gasteiger charge is 2.11. The van der Waals surface area contributed by atoms with Crippen LogP contribution in [0.25, 0.3) is 11.0 Å². The number of halogens is 1. The summed E-state index contributed by atoms with van der Waals surface area (Å²) in [5.74, 6) is -0.318. The number of carbonyl (C=O) groups is 1. The molecule has 4 heteroatoms. The van der Waals surface area contributed by atoms with E-state index in [-0.39, 0.29) is 5.97 Å². The summed E-state index contributed by atoms with van der Waals surface area (Å²) in [7, 11) is 0. The number of benzene rings is 1. The zero-order chi connectivity index (χ0) is 10.8. The molecule has 0 saturated heterocycles. The lowest BCUT2D eigenvalue weighted by molar-refractivity contribution is 0.0526. The molecule has 2 aromatic rings. The Hall–Kier alpha value is -1.29. The molecule has 0 aliphatic carbocycles. The van der Waals surface area contributed by atoms with Crippen LogP contribution in [0.3, 0.4) is 0 Å². The van der Waals surface area contributed by atoms with Crippen molar-refractivity contribution in [3.05, 3.63) is 34.5 Å². The van der Waals surface area contributed by atoms with Crippen LogP contribution in [0.2, 0.25) is 0 Å². The Morgan fingerprint density at radius 1 is 1.53 bits per heavy atom. The summed E-state index contributed by atoms with van der Waals surface area (Å²) in [6.07, 6.45) is 1.59. The largest absolute Gasteiger partial charge is 0.463 e. The molecule has 0 radical (unpaired) electrons. The van der Waals surface area contributed by atoms with Crippen LogP contribution in [-0.4, -0.2) is 12.6 Å². The Labute approximate surface area is 95.1 Å². The van der Waals surface area contributed by atoms with Gasteiger partial charge in [-0.3, -0.25) is 0 Å². The van der Waals surface area contributed by atoms with Gasteiger partial charge in [-0.15, -0.1) is 0 Å². The molecule has 0 aliphatic rings. The van der Waals surface area contributed by atoms with E-state index in [1.165, 1.54) is 0 Å². The van der Waals surface area contributed by atoms with Crippen molar-refractivity contribution in [3.63, 3.8) is 0 Å². The van der Waals surface area contributed by atoms with Crippen LogP contribution in [0.15, 0.2) is 33.4 Å². The van der Waals surface area contributed by atoms with E-state index in [1.807, 2.05) is 6.07 Å². The van der Waals surface area contributed by atoms with Crippen molar-refractivity contribution in [2.75, 3.05) is 6.61 Å². The van der Waals surface area contributed by atoms with Gasteiger partial charge in [-0.2, -0.15) is 0 Å². The standard InChI is InChI=1S/C11H9BrO3/c1-2-14-11(13)8-5-7-3-4-15-10(7)9(12)6-8/h3-6H,2H2,1H3. The highest BCUT2D eigenvalue weighted by molar-refractivity contribution is 9.10. The van der Waals surface area contributed by atoms with E-state index in [2.05, 4.69) is 15.9 Å². The number of esters is 1. The van der Waals surface area contributed by atoms with Crippen LogP contribution < -0.4 is 0 Å². The van der Waals surface area contributed by atoms with E-state index >= 15 is 0 Å². The van der Waals surface area contributed by atoms with Crippen LogP contribution in [-0.2, 0) is 4.74 Å². The van der Waals surface area contributed by atoms with Crippen LogP contribution in [0.5, 0.6) is 0 Å². The number of furan rings is 1. The maximum Gasteiger partial charge on any atom is 0.338 e. The Kier molecular flexibility index (Phi) is 2.77. The average Bonchev–Trinajstić information content (AvgIpc) is 2.66. The maximum absolute atomic E-state index is 11.5. The molecule has 1 heterocycles. The van der Waals surface area contributed by atoms with E-state index in [0.29, 0.717) is 12.2 Å². The van der Waals surface area contributed by atoms with Crippen LogP contribution in [0.1, 0.15) is 17.3 Å². The number of carbonyl (C=O) groups excluding carboxylic acids is 1. The van der Waals surface area contributed by atoms with E-state index < -0.39 is 0 Å². The molecule has 2 rings (SSSR count). The molecule has 0 amide bonds. The van der Waals surface area contributed by atoms with Gasteiger partial charge in [0.2, 0.25) is 0 Å². The SMILES string of the molecule is CCOC(=O)c1cc(Br)c2occc2c1. The van der Waals surface area contributed by atoms with Crippen molar-refractivity contribution in [1.82, 2.24) is 0 Å². The second-order valence-corrected chi connectivity index (χ2v) is 3.87. The van der Waals surface area contributed by atoms with Gasteiger partial charge in [-0.05, 0) is 41.1 Å². The number of hydrogen-bond donors (Lipinski definition) is 0. The smallest absolute Gasteiger partial charge is 0.338 e. The van der Waals surface area contributed by atoms with Gasteiger partial charge >= 0.3 is 5.97 Å². The molecule has 78 valence electrons. The van der Waals surface area contributed by atoms with E-state index in [9.17, 15) is 4.79 Å². The molecular formula is C11H9BrO3. The minimum absolute atomic E-state index is 0.318. The lowest BCUT2D eigenvalue weighted by Crippen LogP contribution is -2.04. The molecule has 15 heavy (non-hydrogen) atoms. The van der Waals surface area contributed by atoms with Crippen molar-refractivity contribution in [2.45, 2.75) is 6.92 Å². The Balaban J connectivity index is 2.49. The summed E-state index contributed by atoms with van der Waals surface area (Å²) in [5, 5.41) is 0.882. The average molecular weight is 269 g/mol. The predicted molar refractivity (Wildman–Crippen MR) is 59.9 cm³/mol. The van der Waals surface area contributed by atoms with Crippen molar-refractivity contribution >= 4 is 32.9 Å². The number of fused-ring (bicyclic) bond motifs is 1. The third-order valence-corrected chi connectivity index (χ3v) is 2.61. The second-order valence-electron chi connectivity index (χ2n) is 3.02. The quantitative estimate of drug-likeness (QED) is 0.784. The molecule has 0 saturated carbocycles. The highest BCUT2D eigenvalue weighted by Crippen LogP contribution is 2.26. The van der Waals surface area contributed by atoms with Gasteiger partial charge in [0.1, 0.15) is 5.58 Å². The van der Waals surface area contributed by atoms with Crippen LogP contribution >= 0.6 is 15.9 Å². The molecule has 0 N–H and O–H groups in total. The summed E-state index contributed by atoms with van der Waals surface area (Å²) in [5.41, 5.74) is 1.26. The molecular weight excluding hydrogens is 260 g/mol. The molecule has 0 bridgehead atoms. The van der Waals surface area contributed by atoms with Gasteiger partial charge < -0.3 is 9.15 Å². The Morgan fingerprint density at radius 2 is 2.33 bits per heavy atom. The van der Waals surface area contributed by atoms with Gasteiger partial charge in [0.05, 0.1) is 22.9 Å². The molecule has 0 fully saturated rings. The second kappa shape index (κ2) is 4.06. The Morgan fingerprint density at radius 3 is 3.07 bits per heavy atom. The number of ether oxygens (including phenoxy) is 1.